The number of hydrogen-bond acceptors (Lipinski definition) is 3. The maximum absolute atomic E-state index is 13.3. The summed E-state index contributed by atoms with van der Waals surface area (Å²) in [4.78, 5) is 14.9. The zero-order chi connectivity index (χ0) is 10.1. The SMILES string of the molecule is CC(=O)c1nc2c(cc1F)CCCO2. The van der Waals surface area contributed by atoms with Crippen LogP contribution in [0.1, 0.15) is 29.4 Å². The lowest BCUT2D eigenvalue weighted by Gasteiger charge is -2.16. The summed E-state index contributed by atoms with van der Waals surface area (Å²) in [5, 5.41) is 0. The van der Waals surface area contributed by atoms with Gasteiger partial charge in [-0.3, -0.25) is 4.79 Å². The van der Waals surface area contributed by atoms with Crippen molar-refractivity contribution in [2.75, 3.05) is 6.61 Å². The normalized spacial score (nSPS) is 14.4. The summed E-state index contributed by atoms with van der Waals surface area (Å²) in [5.74, 6) is -0.524. The minimum absolute atomic E-state index is 0.134. The molecule has 0 saturated heterocycles. The van der Waals surface area contributed by atoms with E-state index in [0.717, 1.165) is 18.4 Å². The highest BCUT2D eigenvalue weighted by Crippen LogP contribution is 2.24. The lowest BCUT2D eigenvalue weighted by Crippen LogP contribution is -2.13. The predicted octanol–water partition coefficient (Wildman–Crippen LogP) is 1.75. The summed E-state index contributed by atoms with van der Waals surface area (Å²) >= 11 is 0. The first-order chi connectivity index (χ1) is 6.68. The maximum Gasteiger partial charge on any atom is 0.217 e. The Morgan fingerprint density at radius 3 is 3.14 bits per heavy atom. The molecule has 1 aliphatic rings. The van der Waals surface area contributed by atoms with Crippen LogP contribution in [0.15, 0.2) is 6.07 Å². The first-order valence-corrected chi connectivity index (χ1v) is 4.51. The van der Waals surface area contributed by atoms with Crippen LogP contribution < -0.4 is 4.74 Å². The van der Waals surface area contributed by atoms with E-state index in [2.05, 4.69) is 4.98 Å². The quantitative estimate of drug-likeness (QED) is 0.641. The Morgan fingerprint density at radius 2 is 2.43 bits per heavy atom. The van der Waals surface area contributed by atoms with Crippen LogP contribution in [0.2, 0.25) is 0 Å². The molecular weight excluding hydrogens is 185 g/mol. The topological polar surface area (TPSA) is 39.2 Å². The molecule has 3 nitrogen and oxygen atoms in total. The molecule has 0 radical (unpaired) electrons. The lowest BCUT2D eigenvalue weighted by molar-refractivity contribution is 0.100. The highest BCUT2D eigenvalue weighted by Gasteiger charge is 2.18. The molecule has 1 aromatic heterocycles. The summed E-state index contributed by atoms with van der Waals surface area (Å²) in [7, 11) is 0. The van der Waals surface area contributed by atoms with Crippen molar-refractivity contribution >= 4 is 5.78 Å². The fourth-order valence-corrected chi connectivity index (χ4v) is 1.49. The molecule has 0 saturated carbocycles. The number of aromatic nitrogens is 1. The minimum atomic E-state index is -0.554. The molecule has 0 aromatic carbocycles. The maximum atomic E-state index is 13.3. The number of carbonyl (C=O) groups is 1. The zero-order valence-corrected chi connectivity index (χ0v) is 7.84. The number of halogens is 1. The number of pyridine rings is 1. The van der Waals surface area contributed by atoms with E-state index in [1.165, 1.54) is 13.0 Å². The van der Waals surface area contributed by atoms with E-state index in [0.29, 0.717) is 12.5 Å². The monoisotopic (exact) mass is 195 g/mol. The van der Waals surface area contributed by atoms with Crippen LogP contribution in [0.25, 0.3) is 0 Å². The molecule has 0 atom stereocenters. The third kappa shape index (κ3) is 1.47. The zero-order valence-electron chi connectivity index (χ0n) is 7.84. The first-order valence-electron chi connectivity index (χ1n) is 4.51. The largest absolute Gasteiger partial charge is 0.477 e. The average molecular weight is 195 g/mol. The summed E-state index contributed by atoms with van der Waals surface area (Å²) in [6.07, 6.45) is 1.63. The Balaban J connectivity index is 2.50. The molecule has 0 bridgehead atoms. The van der Waals surface area contributed by atoms with Gasteiger partial charge in [0.25, 0.3) is 0 Å². The van der Waals surface area contributed by atoms with Crippen molar-refractivity contribution in [2.45, 2.75) is 19.8 Å². The van der Waals surface area contributed by atoms with Gasteiger partial charge in [-0.25, -0.2) is 9.37 Å². The second kappa shape index (κ2) is 3.36. The molecule has 0 N–H and O–H groups in total. The van der Waals surface area contributed by atoms with Gasteiger partial charge in [-0.15, -0.1) is 0 Å². The summed E-state index contributed by atoms with van der Waals surface area (Å²) in [5.41, 5.74) is 0.615. The van der Waals surface area contributed by atoms with Gasteiger partial charge in [0.05, 0.1) is 6.61 Å². The van der Waals surface area contributed by atoms with Crippen LogP contribution in [-0.4, -0.2) is 17.4 Å². The molecule has 2 rings (SSSR count). The average Bonchev–Trinajstić information content (AvgIpc) is 2.16. The molecule has 74 valence electrons. The van der Waals surface area contributed by atoms with Gasteiger partial charge in [-0.05, 0) is 18.9 Å². The number of carbonyl (C=O) groups excluding carboxylic acids is 1. The molecule has 0 unspecified atom stereocenters. The number of nitrogens with zero attached hydrogens (tertiary/aromatic N) is 1. The van der Waals surface area contributed by atoms with Gasteiger partial charge in [0, 0.05) is 12.5 Å². The van der Waals surface area contributed by atoms with Gasteiger partial charge in [0.1, 0.15) is 5.69 Å². The van der Waals surface area contributed by atoms with Crippen molar-refractivity contribution < 1.29 is 13.9 Å². The van der Waals surface area contributed by atoms with E-state index >= 15 is 0 Å². The third-order valence-corrected chi connectivity index (χ3v) is 2.18. The van der Waals surface area contributed by atoms with Crippen LogP contribution in [0.4, 0.5) is 4.39 Å². The van der Waals surface area contributed by atoms with Crippen molar-refractivity contribution in [3.8, 4) is 5.88 Å². The Morgan fingerprint density at radius 1 is 1.64 bits per heavy atom. The number of rotatable bonds is 1. The molecule has 2 heterocycles. The first kappa shape index (κ1) is 9.12. The Labute approximate surface area is 80.9 Å². The second-order valence-electron chi connectivity index (χ2n) is 3.29. The third-order valence-electron chi connectivity index (χ3n) is 2.18. The molecule has 0 aliphatic carbocycles. The van der Waals surface area contributed by atoms with E-state index in [4.69, 9.17) is 4.74 Å². The summed E-state index contributed by atoms with van der Waals surface area (Å²) in [6, 6.07) is 1.35. The predicted molar refractivity (Wildman–Crippen MR) is 48.0 cm³/mol. The van der Waals surface area contributed by atoms with Gasteiger partial charge in [-0.1, -0.05) is 0 Å². The summed E-state index contributed by atoms with van der Waals surface area (Å²) in [6.45, 7) is 1.88. The smallest absolute Gasteiger partial charge is 0.217 e. The highest BCUT2D eigenvalue weighted by molar-refractivity contribution is 5.92. The van der Waals surface area contributed by atoms with Crippen molar-refractivity contribution in [2.24, 2.45) is 0 Å². The van der Waals surface area contributed by atoms with Crippen LogP contribution in [0.5, 0.6) is 5.88 Å². The van der Waals surface area contributed by atoms with Crippen molar-refractivity contribution in [1.82, 2.24) is 4.98 Å². The molecular formula is C10H10FNO2. The number of aryl methyl sites for hydroxylation is 1. The van der Waals surface area contributed by atoms with Crippen molar-refractivity contribution in [3.63, 3.8) is 0 Å². The molecule has 0 spiro atoms. The Hall–Kier alpha value is -1.45. The number of Topliss-reactive ketones (excluding diaryl/α,β-unsaturated/α-hetero) is 1. The van der Waals surface area contributed by atoms with Crippen LogP contribution >= 0.6 is 0 Å². The second-order valence-corrected chi connectivity index (χ2v) is 3.29. The number of fused-ring (bicyclic) bond motifs is 1. The van der Waals surface area contributed by atoms with E-state index < -0.39 is 5.82 Å². The fraction of sp³-hybridized carbons (Fsp3) is 0.400. The highest BCUT2D eigenvalue weighted by atomic mass is 19.1. The van der Waals surface area contributed by atoms with Gasteiger partial charge in [-0.2, -0.15) is 0 Å². The van der Waals surface area contributed by atoms with E-state index in [1.807, 2.05) is 0 Å². The van der Waals surface area contributed by atoms with Crippen LogP contribution in [-0.2, 0) is 6.42 Å². The molecule has 0 amide bonds. The number of hydrogen-bond donors (Lipinski definition) is 0. The van der Waals surface area contributed by atoms with E-state index in [9.17, 15) is 9.18 Å². The van der Waals surface area contributed by atoms with E-state index in [-0.39, 0.29) is 11.5 Å². The van der Waals surface area contributed by atoms with E-state index in [1.54, 1.807) is 0 Å². The molecule has 4 heteroatoms. The number of ketones is 1. The molecule has 14 heavy (non-hydrogen) atoms. The fourth-order valence-electron chi connectivity index (χ4n) is 1.49. The van der Waals surface area contributed by atoms with Crippen LogP contribution in [0, 0.1) is 5.82 Å². The Kier molecular flexibility index (Phi) is 2.19. The molecule has 0 fully saturated rings. The Bertz CT molecular complexity index is 390. The lowest BCUT2D eigenvalue weighted by atomic mass is 10.1. The van der Waals surface area contributed by atoms with Crippen molar-refractivity contribution in [1.29, 1.82) is 0 Å². The molecule has 1 aromatic rings. The standard InChI is InChI=1S/C10H10FNO2/c1-6(13)9-8(11)5-7-3-2-4-14-10(7)12-9/h5H,2-4H2,1H3. The van der Waals surface area contributed by atoms with Crippen molar-refractivity contribution in [3.05, 3.63) is 23.1 Å². The minimum Gasteiger partial charge on any atom is -0.477 e. The van der Waals surface area contributed by atoms with Gasteiger partial charge in [0.15, 0.2) is 11.6 Å². The van der Waals surface area contributed by atoms with Gasteiger partial charge in [0.2, 0.25) is 5.88 Å². The number of ether oxygens (including phenoxy) is 1. The van der Waals surface area contributed by atoms with Gasteiger partial charge < -0.3 is 4.74 Å². The molecule has 1 aliphatic heterocycles. The summed E-state index contributed by atoms with van der Waals surface area (Å²) < 4.78 is 18.5. The van der Waals surface area contributed by atoms with Gasteiger partial charge >= 0.3 is 0 Å². The van der Waals surface area contributed by atoms with Crippen LogP contribution in [0.3, 0.4) is 0 Å².